The van der Waals surface area contributed by atoms with Gasteiger partial charge in [0.15, 0.2) is 0 Å². The number of rotatable bonds is 4. The first-order valence-corrected chi connectivity index (χ1v) is 5.07. The van der Waals surface area contributed by atoms with E-state index in [0.29, 0.717) is 6.61 Å². The molecule has 0 aliphatic rings. The molecule has 81 valence electrons. The van der Waals surface area contributed by atoms with Crippen LogP contribution in [0.3, 0.4) is 0 Å². The number of hydrogen-bond acceptors (Lipinski definition) is 2. The van der Waals surface area contributed by atoms with Crippen LogP contribution in [0.1, 0.15) is 5.56 Å². The van der Waals surface area contributed by atoms with E-state index >= 15 is 0 Å². The molecule has 2 rings (SSSR count). The van der Waals surface area contributed by atoms with E-state index in [0.717, 1.165) is 17.1 Å². The van der Waals surface area contributed by atoms with Gasteiger partial charge in [0.25, 0.3) is 0 Å². The van der Waals surface area contributed by atoms with Gasteiger partial charge in [0.1, 0.15) is 11.5 Å². The van der Waals surface area contributed by atoms with Gasteiger partial charge in [-0.15, -0.1) is 0 Å². The fourth-order valence-electron chi connectivity index (χ4n) is 1.44. The van der Waals surface area contributed by atoms with Gasteiger partial charge < -0.3 is 9.47 Å². The number of benzene rings is 2. The van der Waals surface area contributed by atoms with Crippen LogP contribution in [0.5, 0.6) is 11.5 Å². The molecule has 16 heavy (non-hydrogen) atoms. The van der Waals surface area contributed by atoms with Crippen LogP contribution in [0.4, 0.5) is 0 Å². The number of ether oxygens (including phenoxy) is 2. The van der Waals surface area contributed by atoms with E-state index in [2.05, 4.69) is 7.11 Å². The molecule has 0 N–H and O–H groups in total. The third-order valence-corrected chi connectivity index (χ3v) is 2.15. The van der Waals surface area contributed by atoms with Gasteiger partial charge in [0.05, 0.1) is 13.7 Å². The maximum absolute atomic E-state index is 5.69. The summed E-state index contributed by atoms with van der Waals surface area (Å²) >= 11 is 0. The molecule has 0 saturated carbocycles. The lowest BCUT2D eigenvalue weighted by Gasteiger charge is -2.06. The van der Waals surface area contributed by atoms with E-state index in [9.17, 15) is 0 Å². The van der Waals surface area contributed by atoms with Crippen LogP contribution in [0.25, 0.3) is 0 Å². The molecule has 1 radical (unpaired) electrons. The van der Waals surface area contributed by atoms with Crippen molar-refractivity contribution in [3.8, 4) is 11.5 Å². The van der Waals surface area contributed by atoms with Gasteiger partial charge in [-0.1, -0.05) is 30.3 Å². The Labute approximate surface area is 95.4 Å². The SMILES string of the molecule is [CH2]OCc1cccc(Oc2ccccc2)c1. The number of para-hydroxylation sites is 1. The van der Waals surface area contributed by atoms with Gasteiger partial charge in [0.2, 0.25) is 0 Å². The highest BCUT2D eigenvalue weighted by molar-refractivity contribution is 5.33. The molecular weight excluding hydrogens is 200 g/mol. The van der Waals surface area contributed by atoms with Crippen LogP contribution >= 0.6 is 0 Å². The van der Waals surface area contributed by atoms with Crippen molar-refractivity contribution in [1.29, 1.82) is 0 Å². The molecule has 2 nitrogen and oxygen atoms in total. The summed E-state index contributed by atoms with van der Waals surface area (Å²) in [6.45, 7) is 0.492. The summed E-state index contributed by atoms with van der Waals surface area (Å²) < 4.78 is 10.5. The lowest BCUT2D eigenvalue weighted by molar-refractivity contribution is 0.228. The smallest absolute Gasteiger partial charge is 0.127 e. The normalized spacial score (nSPS) is 10.1. The lowest BCUT2D eigenvalue weighted by atomic mass is 10.2. The molecule has 0 unspecified atom stereocenters. The quantitative estimate of drug-likeness (QED) is 0.769. The molecule has 0 aromatic heterocycles. The van der Waals surface area contributed by atoms with Crippen molar-refractivity contribution in [2.24, 2.45) is 0 Å². The molecule has 0 aliphatic heterocycles. The van der Waals surface area contributed by atoms with E-state index < -0.39 is 0 Å². The maximum Gasteiger partial charge on any atom is 0.127 e. The third kappa shape index (κ3) is 2.84. The predicted molar refractivity (Wildman–Crippen MR) is 63.1 cm³/mol. The topological polar surface area (TPSA) is 18.5 Å². The van der Waals surface area contributed by atoms with Crippen LogP contribution < -0.4 is 4.74 Å². The Balaban J connectivity index is 2.12. The monoisotopic (exact) mass is 213 g/mol. The van der Waals surface area contributed by atoms with E-state index in [1.165, 1.54) is 0 Å². The highest BCUT2D eigenvalue weighted by Crippen LogP contribution is 2.21. The van der Waals surface area contributed by atoms with E-state index in [1.807, 2.05) is 54.6 Å². The molecule has 0 amide bonds. The number of hydrogen-bond donors (Lipinski definition) is 0. The van der Waals surface area contributed by atoms with Crippen molar-refractivity contribution in [2.75, 3.05) is 0 Å². The first-order valence-electron chi connectivity index (χ1n) is 5.07. The largest absolute Gasteiger partial charge is 0.457 e. The van der Waals surface area contributed by atoms with Crippen LogP contribution in [-0.2, 0) is 11.3 Å². The summed E-state index contributed by atoms with van der Waals surface area (Å²) in [6, 6.07) is 17.5. The van der Waals surface area contributed by atoms with Crippen LogP contribution in [-0.4, -0.2) is 0 Å². The van der Waals surface area contributed by atoms with Crippen molar-refractivity contribution in [1.82, 2.24) is 0 Å². The van der Waals surface area contributed by atoms with Crippen LogP contribution in [0.15, 0.2) is 54.6 Å². The van der Waals surface area contributed by atoms with Gasteiger partial charge in [-0.05, 0) is 29.8 Å². The first kappa shape index (κ1) is 10.7. The molecule has 0 aliphatic carbocycles. The van der Waals surface area contributed by atoms with Crippen LogP contribution in [0.2, 0.25) is 0 Å². The van der Waals surface area contributed by atoms with Gasteiger partial charge in [0, 0.05) is 0 Å². The minimum atomic E-state index is 0.492. The Hall–Kier alpha value is -1.80. The van der Waals surface area contributed by atoms with Crippen molar-refractivity contribution in [3.63, 3.8) is 0 Å². The Morgan fingerprint density at radius 2 is 1.62 bits per heavy atom. The summed E-state index contributed by atoms with van der Waals surface area (Å²) in [5.74, 6) is 1.64. The van der Waals surface area contributed by atoms with E-state index in [-0.39, 0.29) is 0 Å². The lowest BCUT2D eigenvalue weighted by Crippen LogP contribution is -1.88. The van der Waals surface area contributed by atoms with Gasteiger partial charge >= 0.3 is 0 Å². The second-order valence-electron chi connectivity index (χ2n) is 3.41. The van der Waals surface area contributed by atoms with Gasteiger partial charge in [-0.25, -0.2) is 0 Å². The molecule has 0 spiro atoms. The summed E-state index contributed by atoms with van der Waals surface area (Å²) in [5, 5.41) is 0. The van der Waals surface area contributed by atoms with Crippen molar-refractivity contribution >= 4 is 0 Å². The second-order valence-corrected chi connectivity index (χ2v) is 3.41. The third-order valence-electron chi connectivity index (χ3n) is 2.15. The van der Waals surface area contributed by atoms with Gasteiger partial charge in [-0.3, -0.25) is 0 Å². The zero-order valence-corrected chi connectivity index (χ0v) is 8.93. The zero-order chi connectivity index (χ0) is 11.2. The summed E-state index contributed by atoms with van der Waals surface area (Å²) in [4.78, 5) is 0. The highest BCUT2D eigenvalue weighted by Gasteiger charge is 1.98. The molecule has 0 bridgehead atoms. The molecule has 0 fully saturated rings. The molecule has 0 heterocycles. The molecule has 2 aromatic rings. The zero-order valence-electron chi connectivity index (χ0n) is 8.93. The summed E-state index contributed by atoms with van der Waals surface area (Å²) in [5.41, 5.74) is 1.04. The Bertz CT molecular complexity index is 437. The van der Waals surface area contributed by atoms with Crippen LogP contribution in [0, 0.1) is 7.11 Å². The standard InChI is InChI=1S/C14H13O2/c1-15-11-12-6-5-9-14(10-12)16-13-7-3-2-4-8-13/h2-10H,1,11H2. The minimum Gasteiger partial charge on any atom is -0.457 e. The summed E-state index contributed by atoms with van der Waals surface area (Å²) in [6.07, 6.45) is 0. The highest BCUT2D eigenvalue weighted by atomic mass is 16.5. The molecule has 2 aromatic carbocycles. The first-order chi connectivity index (χ1) is 7.88. The molecule has 0 saturated heterocycles. The average Bonchev–Trinajstić information content (AvgIpc) is 2.31. The van der Waals surface area contributed by atoms with E-state index in [1.54, 1.807) is 0 Å². The second kappa shape index (κ2) is 5.33. The fourth-order valence-corrected chi connectivity index (χ4v) is 1.44. The van der Waals surface area contributed by atoms with Gasteiger partial charge in [-0.2, -0.15) is 0 Å². The summed E-state index contributed by atoms with van der Waals surface area (Å²) in [7, 11) is 3.35. The predicted octanol–water partition coefficient (Wildman–Crippen LogP) is 3.79. The Morgan fingerprint density at radius 3 is 2.38 bits per heavy atom. The van der Waals surface area contributed by atoms with Crippen molar-refractivity contribution in [2.45, 2.75) is 6.61 Å². The Kier molecular flexibility index (Phi) is 3.57. The Morgan fingerprint density at radius 1 is 0.875 bits per heavy atom. The van der Waals surface area contributed by atoms with Crippen molar-refractivity contribution < 1.29 is 9.47 Å². The minimum absolute atomic E-state index is 0.492. The molecule has 2 heteroatoms. The molecule has 0 atom stereocenters. The fraction of sp³-hybridized carbons (Fsp3) is 0.0714. The van der Waals surface area contributed by atoms with Crippen molar-refractivity contribution in [3.05, 3.63) is 67.3 Å². The average molecular weight is 213 g/mol. The molecular formula is C14H13O2. The maximum atomic E-state index is 5.69. The van der Waals surface area contributed by atoms with E-state index in [4.69, 9.17) is 9.47 Å².